The Morgan fingerprint density at radius 3 is 2.43 bits per heavy atom. The molecule has 21 heavy (non-hydrogen) atoms. The average molecular weight is 292 g/mol. The van der Waals surface area contributed by atoms with E-state index < -0.39 is 6.29 Å². The van der Waals surface area contributed by atoms with E-state index in [0.717, 1.165) is 51.1 Å². The molecule has 1 aromatic carbocycles. The lowest BCUT2D eigenvalue weighted by atomic mass is 10.1. The minimum Gasteiger partial charge on any atom is -0.364 e. The van der Waals surface area contributed by atoms with E-state index in [-0.39, 0.29) is 0 Å². The molecule has 0 radical (unpaired) electrons. The monoisotopic (exact) mass is 292 g/mol. The van der Waals surface area contributed by atoms with Gasteiger partial charge in [-0.3, -0.25) is 4.90 Å². The normalized spacial score (nSPS) is 18.8. The van der Waals surface area contributed by atoms with Crippen LogP contribution < -0.4 is 0 Å². The second kappa shape index (κ2) is 8.49. The number of aliphatic hydroxyl groups excluding tert-OH is 1. The Hall–Kier alpha value is -0.940. The molecule has 1 N–H and O–H groups in total. The van der Waals surface area contributed by atoms with Crippen molar-refractivity contribution < 1.29 is 9.84 Å². The number of nitrogens with zero attached hydrogens (tertiary/aromatic N) is 2. The van der Waals surface area contributed by atoms with E-state index in [1.807, 2.05) is 12.1 Å². The van der Waals surface area contributed by atoms with Gasteiger partial charge in [-0.25, -0.2) is 0 Å². The summed E-state index contributed by atoms with van der Waals surface area (Å²) in [5.41, 5.74) is 2.14. The fourth-order valence-corrected chi connectivity index (χ4v) is 2.49. The first-order valence-corrected chi connectivity index (χ1v) is 7.98. The molecule has 1 aliphatic rings. The van der Waals surface area contributed by atoms with Crippen LogP contribution in [0, 0.1) is 0 Å². The number of ether oxygens (including phenoxy) is 1. The largest absolute Gasteiger partial charge is 0.364 e. The first kappa shape index (κ1) is 16.4. The fraction of sp³-hybridized carbons (Fsp3) is 0.647. The Morgan fingerprint density at radius 2 is 1.81 bits per heavy atom. The standard InChI is InChI=1S/C17H28N2O2/c1-3-4-13-21-17(20)16-7-5-15(6-8-16)14-19-11-9-18(2)10-12-19/h5-8,17,20H,3-4,9-14H2,1-2H3. The first-order chi connectivity index (χ1) is 10.2. The van der Waals surface area contributed by atoms with E-state index in [2.05, 4.69) is 35.9 Å². The molecule has 4 nitrogen and oxygen atoms in total. The first-order valence-electron chi connectivity index (χ1n) is 7.98. The highest BCUT2D eigenvalue weighted by Crippen LogP contribution is 2.17. The summed E-state index contributed by atoms with van der Waals surface area (Å²) >= 11 is 0. The third-order valence-corrected chi connectivity index (χ3v) is 4.04. The lowest BCUT2D eigenvalue weighted by Crippen LogP contribution is -2.43. The second-order valence-corrected chi connectivity index (χ2v) is 5.90. The number of hydrogen-bond acceptors (Lipinski definition) is 4. The van der Waals surface area contributed by atoms with Gasteiger partial charge in [0.1, 0.15) is 0 Å². The molecule has 1 aromatic rings. The number of piperazine rings is 1. The van der Waals surface area contributed by atoms with Crippen molar-refractivity contribution in [1.82, 2.24) is 9.80 Å². The molecule has 0 saturated carbocycles. The zero-order valence-electron chi connectivity index (χ0n) is 13.3. The van der Waals surface area contributed by atoms with Crippen molar-refractivity contribution in [3.63, 3.8) is 0 Å². The van der Waals surface area contributed by atoms with E-state index in [0.29, 0.717) is 6.61 Å². The number of unbranched alkanes of at least 4 members (excludes halogenated alkanes) is 1. The van der Waals surface area contributed by atoms with E-state index in [4.69, 9.17) is 4.74 Å². The zero-order chi connectivity index (χ0) is 15.1. The summed E-state index contributed by atoms with van der Waals surface area (Å²) in [7, 11) is 2.17. The molecule has 1 unspecified atom stereocenters. The highest BCUT2D eigenvalue weighted by molar-refractivity contribution is 5.23. The van der Waals surface area contributed by atoms with E-state index in [9.17, 15) is 5.11 Å². The summed E-state index contributed by atoms with van der Waals surface area (Å²) in [4.78, 5) is 4.84. The van der Waals surface area contributed by atoms with E-state index >= 15 is 0 Å². The maximum absolute atomic E-state index is 9.95. The van der Waals surface area contributed by atoms with Gasteiger partial charge in [-0.15, -0.1) is 0 Å². The van der Waals surface area contributed by atoms with Crippen LogP contribution in [0.5, 0.6) is 0 Å². The highest BCUT2D eigenvalue weighted by atomic mass is 16.6. The second-order valence-electron chi connectivity index (χ2n) is 5.90. The van der Waals surface area contributed by atoms with Gasteiger partial charge in [0.15, 0.2) is 6.29 Å². The molecule has 1 fully saturated rings. The molecule has 1 aliphatic heterocycles. The topological polar surface area (TPSA) is 35.9 Å². The van der Waals surface area contributed by atoms with Gasteiger partial charge in [0.05, 0.1) is 6.61 Å². The maximum atomic E-state index is 9.95. The van der Waals surface area contributed by atoms with Gasteiger partial charge in [-0.2, -0.15) is 0 Å². The fourth-order valence-electron chi connectivity index (χ4n) is 2.49. The molecule has 1 saturated heterocycles. The Kier molecular flexibility index (Phi) is 6.64. The van der Waals surface area contributed by atoms with Crippen LogP contribution in [0.15, 0.2) is 24.3 Å². The van der Waals surface area contributed by atoms with E-state index in [1.54, 1.807) is 0 Å². The lowest BCUT2D eigenvalue weighted by molar-refractivity contribution is -0.103. The van der Waals surface area contributed by atoms with Crippen LogP contribution in [-0.4, -0.2) is 54.7 Å². The van der Waals surface area contributed by atoms with Crippen molar-refractivity contribution in [2.75, 3.05) is 39.8 Å². The van der Waals surface area contributed by atoms with Crippen LogP contribution in [0.3, 0.4) is 0 Å². The van der Waals surface area contributed by atoms with Gasteiger partial charge in [0.2, 0.25) is 0 Å². The molecule has 2 rings (SSSR count). The van der Waals surface area contributed by atoms with Gasteiger partial charge >= 0.3 is 0 Å². The Balaban J connectivity index is 1.81. The van der Waals surface area contributed by atoms with Gasteiger partial charge in [-0.05, 0) is 19.0 Å². The third-order valence-electron chi connectivity index (χ3n) is 4.04. The Labute approximate surface area is 128 Å². The van der Waals surface area contributed by atoms with Gasteiger partial charge < -0.3 is 14.7 Å². The van der Waals surface area contributed by atoms with Crippen molar-refractivity contribution in [2.24, 2.45) is 0 Å². The van der Waals surface area contributed by atoms with Crippen molar-refractivity contribution >= 4 is 0 Å². The highest BCUT2D eigenvalue weighted by Gasteiger charge is 2.14. The predicted octanol–water partition coefficient (Wildman–Crippen LogP) is 2.24. The molecule has 0 aliphatic carbocycles. The average Bonchev–Trinajstić information content (AvgIpc) is 2.50. The summed E-state index contributed by atoms with van der Waals surface area (Å²) in [6, 6.07) is 8.14. The van der Waals surface area contributed by atoms with Crippen molar-refractivity contribution in [1.29, 1.82) is 0 Å². The maximum Gasteiger partial charge on any atom is 0.181 e. The van der Waals surface area contributed by atoms with E-state index in [1.165, 1.54) is 5.56 Å². The number of likely N-dealkylation sites (N-methyl/N-ethyl adjacent to an activating group) is 1. The summed E-state index contributed by atoms with van der Waals surface area (Å²) in [5, 5.41) is 9.95. The molecule has 1 atom stereocenters. The zero-order valence-corrected chi connectivity index (χ0v) is 13.3. The summed E-state index contributed by atoms with van der Waals surface area (Å²) in [6.07, 6.45) is 1.27. The molecule has 4 heteroatoms. The SMILES string of the molecule is CCCCOC(O)c1ccc(CN2CCN(C)CC2)cc1. The molecule has 0 spiro atoms. The third kappa shape index (κ3) is 5.40. The van der Waals surface area contributed by atoms with Crippen LogP contribution in [0.25, 0.3) is 0 Å². The molecule has 0 aromatic heterocycles. The molecule has 0 amide bonds. The van der Waals surface area contributed by atoms with Gasteiger partial charge in [-0.1, -0.05) is 37.6 Å². The van der Waals surface area contributed by atoms with Crippen molar-refractivity contribution in [3.05, 3.63) is 35.4 Å². The number of aliphatic hydroxyl groups is 1. The van der Waals surface area contributed by atoms with Crippen molar-refractivity contribution in [2.45, 2.75) is 32.6 Å². The van der Waals surface area contributed by atoms with Crippen LogP contribution >= 0.6 is 0 Å². The summed E-state index contributed by atoms with van der Waals surface area (Å²) < 4.78 is 5.41. The Morgan fingerprint density at radius 1 is 1.14 bits per heavy atom. The predicted molar refractivity (Wildman–Crippen MR) is 85.0 cm³/mol. The molecule has 1 heterocycles. The molecular formula is C17H28N2O2. The van der Waals surface area contributed by atoms with Crippen LogP contribution in [0.4, 0.5) is 0 Å². The summed E-state index contributed by atoms with van der Waals surface area (Å²) in [6.45, 7) is 8.25. The smallest absolute Gasteiger partial charge is 0.181 e. The lowest BCUT2D eigenvalue weighted by Gasteiger charge is -2.32. The quantitative estimate of drug-likeness (QED) is 0.617. The molecular weight excluding hydrogens is 264 g/mol. The van der Waals surface area contributed by atoms with Crippen LogP contribution in [0.2, 0.25) is 0 Å². The number of rotatable bonds is 7. The van der Waals surface area contributed by atoms with Gasteiger partial charge in [0, 0.05) is 38.3 Å². The minimum absolute atomic E-state index is 0.612. The minimum atomic E-state index is -0.797. The summed E-state index contributed by atoms with van der Waals surface area (Å²) in [5.74, 6) is 0. The molecule has 0 bridgehead atoms. The number of benzene rings is 1. The molecule has 118 valence electrons. The van der Waals surface area contributed by atoms with Crippen LogP contribution in [-0.2, 0) is 11.3 Å². The Bertz CT molecular complexity index is 400. The number of hydrogen-bond donors (Lipinski definition) is 1. The van der Waals surface area contributed by atoms with Crippen LogP contribution in [0.1, 0.15) is 37.2 Å². The van der Waals surface area contributed by atoms with Gasteiger partial charge in [0.25, 0.3) is 0 Å². The van der Waals surface area contributed by atoms with Crippen molar-refractivity contribution in [3.8, 4) is 0 Å².